The van der Waals surface area contributed by atoms with Gasteiger partial charge in [-0.1, -0.05) is 68.4 Å². The first-order chi connectivity index (χ1) is 17.3. The van der Waals surface area contributed by atoms with Crippen molar-refractivity contribution < 1.29 is 18.0 Å². The van der Waals surface area contributed by atoms with E-state index in [4.69, 9.17) is 10.1 Å². The Morgan fingerprint density at radius 2 is 1.72 bits per heavy atom. The summed E-state index contributed by atoms with van der Waals surface area (Å²) in [7, 11) is -4.07. The average Bonchev–Trinajstić information content (AvgIpc) is 2.91. The molecule has 0 aromatic heterocycles. The van der Waals surface area contributed by atoms with Crippen LogP contribution in [0.1, 0.15) is 25.8 Å². The van der Waals surface area contributed by atoms with Crippen molar-refractivity contribution in [1.29, 1.82) is 5.26 Å². The van der Waals surface area contributed by atoms with E-state index in [0.717, 1.165) is 11.1 Å². The molecule has 10 heteroatoms. The fourth-order valence-corrected chi connectivity index (χ4v) is 3.91. The zero-order valence-corrected chi connectivity index (χ0v) is 20.7. The lowest BCUT2D eigenvalue weighted by molar-refractivity contribution is -0.151. The van der Waals surface area contributed by atoms with Crippen molar-refractivity contribution in [2.24, 2.45) is 10.9 Å². The van der Waals surface area contributed by atoms with Crippen LogP contribution in [-0.2, 0) is 26.2 Å². The van der Waals surface area contributed by atoms with Crippen LogP contribution in [0.5, 0.6) is 0 Å². The van der Waals surface area contributed by atoms with Gasteiger partial charge < -0.3 is 10.2 Å². The predicted octanol–water partition coefficient (Wildman–Crippen LogP) is 4.17. The molecule has 9 nitrogen and oxygen atoms in total. The Hall–Kier alpha value is -4.20. The summed E-state index contributed by atoms with van der Waals surface area (Å²) in [6.45, 7) is 3.84. The molecule has 0 saturated carbocycles. The van der Waals surface area contributed by atoms with Crippen molar-refractivity contribution in [2.45, 2.75) is 31.7 Å². The number of anilines is 1. The van der Waals surface area contributed by atoms with Crippen LogP contribution in [0, 0.1) is 17.4 Å². The van der Waals surface area contributed by atoms with Crippen molar-refractivity contribution in [3.05, 3.63) is 84.4 Å². The number of guanidine groups is 1. The Bertz CT molecular complexity index is 1370. The van der Waals surface area contributed by atoms with Gasteiger partial charge in [0.25, 0.3) is 10.0 Å². The highest BCUT2D eigenvalue weighted by Gasteiger charge is 2.20. The van der Waals surface area contributed by atoms with Crippen molar-refractivity contribution in [3.8, 4) is 17.3 Å². The zero-order valence-electron chi connectivity index (χ0n) is 19.9. The number of hydrogen-bond acceptors (Lipinski definition) is 6. The van der Waals surface area contributed by atoms with Crippen LogP contribution in [0.4, 0.5) is 5.69 Å². The minimum atomic E-state index is -4.07. The number of benzene rings is 3. The molecule has 0 aliphatic heterocycles. The Kier molecular flexibility index (Phi) is 9.16. The first kappa shape index (κ1) is 26.4. The van der Waals surface area contributed by atoms with Crippen molar-refractivity contribution in [3.63, 3.8) is 0 Å². The normalized spacial score (nSPS) is 12.3. The standard InChI is InChI=1S/C26H27N5O4S/c1-3-19(2)25(32)35-31-36(33,34)24-14-8-12-22(16-24)21-11-7-13-23(15-21)30-26(29-18-27)28-17-20-9-5-4-6-10-20/h4-16,19,31H,3,17H2,1-2H3,(H2,28,29,30). The van der Waals surface area contributed by atoms with E-state index >= 15 is 0 Å². The molecular formula is C26H27N5O4S. The number of nitrogens with one attached hydrogen (secondary N) is 3. The van der Waals surface area contributed by atoms with Gasteiger partial charge in [-0.25, -0.2) is 13.4 Å². The molecule has 0 amide bonds. The zero-order chi connectivity index (χ0) is 26.0. The summed E-state index contributed by atoms with van der Waals surface area (Å²) in [6.07, 6.45) is 2.40. The second-order valence-electron chi connectivity index (χ2n) is 7.94. The first-order valence-electron chi connectivity index (χ1n) is 11.3. The highest BCUT2D eigenvalue weighted by atomic mass is 32.2. The molecule has 0 bridgehead atoms. The van der Waals surface area contributed by atoms with E-state index in [1.807, 2.05) is 47.5 Å². The van der Waals surface area contributed by atoms with Crippen LogP contribution >= 0.6 is 0 Å². The molecule has 3 aromatic carbocycles. The molecule has 3 aromatic rings. The van der Waals surface area contributed by atoms with E-state index in [-0.39, 0.29) is 10.9 Å². The number of aliphatic imine (C=N–C) groups is 1. The number of sulfonamides is 1. The first-order valence-corrected chi connectivity index (χ1v) is 12.7. The quantitative estimate of drug-likeness (QED) is 0.131. The van der Waals surface area contributed by atoms with Crippen LogP contribution in [0.3, 0.4) is 0 Å². The summed E-state index contributed by atoms with van der Waals surface area (Å²) in [5.74, 6) is -0.792. The summed E-state index contributed by atoms with van der Waals surface area (Å²) in [4.78, 5) is 22.9. The molecule has 0 fully saturated rings. The molecule has 36 heavy (non-hydrogen) atoms. The molecule has 0 aliphatic carbocycles. The van der Waals surface area contributed by atoms with Gasteiger partial charge in [-0.15, -0.1) is 0 Å². The maximum absolute atomic E-state index is 12.6. The summed E-state index contributed by atoms with van der Waals surface area (Å²) < 4.78 is 25.3. The second kappa shape index (κ2) is 12.5. The summed E-state index contributed by atoms with van der Waals surface area (Å²) >= 11 is 0. The second-order valence-corrected chi connectivity index (χ2v) is 9.58. The van der Waals surface area contributed by atoms with Crippen LogP contribution in [-0.4, -0.2) is 20.3 Å². The lowest BCUT2D eigenvalue weighted by Gasteiger charge is -2.12. The molecule has 186 valence electrons. The lowest BCUT2D eigenvalue weighted by Crippen LogP contribution is -2.29. The summed E-state index contributed by atoms with van der Waals surface area (Å²) in [5, 5.41) is 14.7. The molecular weight excluding hydrogens is 478 g/mol. The molecule has 1 atom stereocenters. The van der Waals surface area contributed by atoms with Gasteiger partial charge in [0.2, 0.25) is 5.96 Å². The molecule has 0 aliphatic rings. The molecule has 0 radical (unpaired) electrons. The third-order valence-corrected chi connectivity index (χ3v) is 6.48. The molecule has 0 spiro atoms. The van der Waals surface area contributed by atoms with E-state index in [0.29, 0.717) is 24.2 Å². The predicted molar refractivity (Wildman–Crippen MR) is 138 cm³/mol. The molecule has 0 saturated heterocycles. The Morgan fingerprint density at radius 1 is 1.03 bits per heavy atom. The minimum absolute atomic E-state index is 0.0495. The van der Waals surface area contributed by atoms with Crippen LogP contribution in [0.25, 0.3) is 11.1 Å². The van der Waals surface area contributed by atoms with Crippen LogP contribution in [0.2, 0.25) is 0 Å². The van der Waals surface area contributed by atoms with Crippen molar-refractivity contribution >= 4 is 27.6 Å². The van der Waals surface area contributed by atoms with Gasteiger partial charge >= 0.3 is 5.97 Å². The highest BCUT2D eigenvalue weighted by Crippen LogP contribution is 2.25. The molecule has 1 unspecified atom stereocenters. The van der Waals surface area contributed by atoms with Gasteiger partial charge in [0.1, 0.15) is 0 Å². The van der Waals surface area contributed by atoms with Gasteiger partial charge in [0.05, 0.1) is 17.4 Å². The minimum Gasteiger partial charge on any atom is -0.355 e. The van der Waals surface area contributed by atoms with Crippen molar-refractivity contribution in [2.75, 3.05) is 5.32 Å². The van der Waals surface area contributed by atoms with Crippen LogP contribution < -0.4 is 15.5 Å². The smallest absolute Gasteiger partial charge is 0.328 e. The average molecular weight is 506 g/mol. The van der Waals surface area contributed by atoms with E-state index < -0.39 is 21.9 Å². The number of carbonyl (C=O) groups excluding carboxylic acids is 1. The van der Waals surface area contributed by atoms with E-state index in [1.165, 1.54) is 12.1 Å². The number of carbonyl (C=O) groups is 1. The third kappa shape index (κ3) is 7.40. The molecule has 3 N–H and O–H groups in total. The monoisotopic (exact) mass is 505 g/mol. The fraction of sp³-hybridized carbons (Fsp3) is 0.192. The van der Waals surface area contributed by atoms with Gasteiger partial charge in [-0.2, -0.15) is 5.26 Å². The number of hydrogen-bond donors (Lipinski definition) is 3. The summed E-state index contributed by atoms with van der Waals surface area (Å²) in [5.41, 5.74) is 3.00. The largest absolute Gasteiger partial charge is 0.355 e. The Morgan fingerprint density at radius 3 is 2.42 bits per heavy atom. The number of nitriles is 1. The van der Waals surface area contributed by atoms with Gasteiger partial charge in [-0.3, -0.25) is 10.1 Å². The number of rotatable bonds is 9. The highest BCUT2D eigenvalue weighted by molar-refractivity contribution is 7.89. The SMILES string of the molecule is CCC(C)C(=O)ONS(=O)(=O)c1cccc(-c2cccc(NC(=NCc3ccccc3)NC#N)c2)c1. The summed E-state index contributed by atoms with van der Waals surface area (Å²) in [6, 6.07) is 23.1. The molecule has 0 heterocycles. The van der Waals surface area contributed by atoms with Gasteiger partial charge in [-0.05, 0) is 52.3 Å². The molecule has 3 rings (SSSR count). The Labute approximate surface area is 210 Å². The third-order valence-electron chi connectivity index (χ3n) is 5.31. The van der Waals surface area contributed by atoms with Gasteiger partial charge in [0.15, 0.2) is 6.19 Å². The van der Waals surface area contributed by atoms with Crippen molar-refractivity contribution in [1.82, 2.24) is 10.2 Å². The maximum Gasteiger partial charge on any atom is 0.328 e. The van der Waals surface area contributed by atoms with Gasteiger partial charge in [0, 0.05) is 5.69 Å². The lowest BCUT2D eigenvalue weighted by atomic mass is 10.1. The topological polar surface area (TPSA) is 133 Å². The van der Waals surface area contributed by atoms with E-state index in [1.54, 1.807) is 44.2 Å². The number of nitrogens with zero attached hydrogens (tertiary/aromatic N) is 2. The fourth-order valence-electron chi connectivity index (χ4n) is 3.08. The van der Waals surface area contributed by atoms with Crippen LogP contribution in [0.15, 0.2) is 88.8 Å². The Balaban J connectivity index is 1.78. The van der Waals surface area contributed by atoms with E-state index in [9.17, 15) is 13.2 Å². The van der Waals surface area contributed by atoms with E-state index in [2.05, 4.69) is 15.6 Å². The maximum atomic E-state index is 12.6.